The first-order valence-electron chi connectivity index (χ1n) is 8.97. The quantitative estimate of drug-likeness (QED) is 0.829. The number of benzene rings is 1. The number of anilines is 1. The number of nitrogens with zero attached hydrogens (tertiary/aromatic N) is 2. The van der Waals surface area contributed by atoms with Crippen LogP contribution in [0.25, 0.3) is 0 Å². The Hall–Kier alpha value is -2.08. The lowest BCUT2D eigenvalue weighted by atomic mass is 10.0. The Bertz CT molecular complexity index is 630. The van der Waals surface area contributed by atoms with Gasteiger partial charge in [0.1, 0.15) is 11.2 Å². The van der Waals surface area contributed by atoms with Crippen LogP contribution in [0.4, 0.5) is 5.69 Å². The number of likely N-dealkylation sites (N-methyl/N-ethyl adjacent to an activating group) is 1. The second-order valence-electron chi connectivity index (χ2n) is 7.32. The molecule has 0 atom stereocenters. The number of hydrogen-bond acceptors (Lipinski definition) is 4. The number of hydrogen-bond donors (Lipinski definition) is 1. The molecule has 1 saturated carbocycles. The molecule has 2 fully saturated rings. The summed E-state index contributed by atoms with van der Waals surface area (Å²) in [6.45, 7) is 7.06. The van der Waals surface area contributed by atoms with Crippen molar-refractivity contribution < 1.29 is 14.3 Å². The van der Waals surface area contributed by atoms with E-state index in [0.717, 1.165) is 18.8 Å². The predicted octanol–water partition coefficient (Wildman–Crippen LogP) is 1.97. The molecular weight excluding hydrogens is 318 g/mol. The van der Waals surface area contributed by atoms with Crippen molar-refractivity contribution in [3.8, 4) is 5.75 Å². The molecule has 1 aliphatic heterocycles. The molecule has 0 bridgehead atoms. The molecule has 25 heavy (non-hydrogen) atoms. The zero-order valence-corrected chi connectivity index (χ0v) is 15.2. The molecule has 1 heterocycles. The average molecular weight is 345 g/mol. The Kier molecular flexibility index (Phi) is 4.99. The van der Waals surface area contributed by atoms with Crippen LogP contribution < -0.4 is 10.1 Å². The first kappa shape index (κ1) is 17.7. The van der Waals surface area contributed by atoms with Gasteiger partial charge in [-0.05, 0) is 58.0 Å². The zero-order valence-electron chi connectivity index (χ0n) is 15.2. The third-order valence-electron chi connectivity index (χ3n) is 4.87. The second kappa shape index (κ2) is 7.04. The molecule has 6 heteroatoms. The van der Waals surface area contributed by atoms with Gasteiger partial charge >= 0.3 is 0 Å². The molecule has 1 aromatic rings. The minimum atomic E-state index is -0.858. The minimum Gasteiger partial charge on any atom is -0.491 e. The first-order chi connectivity index (χ1) is 11.9. The van der Waals surface area contributed by atoms with Gasteiger partial charge in [-0.1, -0.05) is 0 Å². The highest BCUT2D eigenvalue weighted by Gasteiger charge is 2.58. The van der Waals surface area contributed by atoms with Crippen molar-refractivity contribution in [2.24, 2.45) is 5.41 Å². The lowest BCUT2D eigenvalue weighted by Gasteiger charge is -2.34. The molecule has 1 aromatic carbocycles. The molecule has 0 aromatic heterocycles. The van der Waals surface area contributed by atoms with E-state index in [1.54, 1.807) is 0 Å². The van der Waals surface area contributed by atoms with E-state index in [9.17, 15) is 9.59 Å². The van der Waals surface area contributed by atoms with E-state index in [1.807, 2.05) is 50.1 Å². The lowest BCUT2D eigenvalue weighted by molar-refractivity contribution is -0.143. The fourth-order valence-corrected chi connectivity index (χ4v) is 3.11. The van der Waals surface area contributed by atoms with E-state index in [2.05, 4.69) is 10.2 Å². The van der Waals surface area contributed by atoms with Gasteiger partial charge in [-0.25, -0.2) is 0 Å². The Labute approximate surface area is 149 Å². The van der Waals surface area contributed by atoms with E-state index in [0.29, 0.717) is 31.6 Å². The van der Waals surface area contributed by atoms with Crippen LogP contribution >= 0.6 is 0 Å². The van der Waals surface area contributed by atoms with Crippen LogP contribution in [0.3, 0.4) is 0 Å². The third kappa shape index (κ3) is 3.95. The predicted molar refractivity (Wildman–Crippen MR) is 96.6 cm³/mol. The van der Waals surface area contributed by atoms with Gasteiger partial charge in [-0.3, -0.25) is 9.59 Å². The summed E-state index contributed by atoms with van der Waals surface area (Å²) in [5.74, 6) is 0.564. The SMILES string of the molecule is CC(C)Oc1ccc(NC(=O)C2(C(=O)N3CCN(C)CC3)CC2)cc1. The smallest absolute Gasteiger partial charge is 0.240 e. The number of piperazine rings is 1. The largest absolute Gasteiger partial charge is 0.491 e. The highest BCUT2D eigenvalue weighted by molar-refractivity contribution is 6.13. The number of carbonyl (C=O) groups is 2. The van der Waals surface area contributed by atoms with Crippen LogP contribution in [-0.2, 0) is 9.59 Å². The van der Waals surface area contributed by atoms with Crippen molar-refractivity contribution in [1.29, 1.82) is 0 Å². The molecule has 3 rings (SSSR count). The molecule has 1 saturated heterocycles. The molecule has 2 aliphatic rings. The summed E-state index contributed by atoms with van der Waals surface area (Å²) in [6, 6.07) is 7.28. The summed E-state index contributed by atoms with van der Waals surface area (Å²) >= 11 is 0. The van der Waals surface area contributed by atoms with Gasteiger partial charge in [0.25, 0.3) is 0 Å². The fourth-order valence-electron chi connectivity index (χ4n) is 3.11. The Balaban J connectivity index is 1.61. The molecule has 6 nitrogen and oxygen atoms in total. The van der Waals surface area contributed by atoms with E-state index in [4.69, 9.17) is 4.74 Å². The third-order valence-corrected chi connectivity index (χ3v) is 4.87. The van der Waals surface area contributed by atoms with Gasteiger partial charge in [-0.15, -0.1) is 0 Å². The fraction of sp³-hybridized carbons (Fsp3) is 0.579. The van der Waals surface area contributed by atoms with Crippen molar-refractivity contribution in [3.05, 3.63) is 24.3 Å². The molecule has 1 aliphatic carbocycles. The van der Waals surface area contributed by atoms with Crippen molar-refractivity contribution in [1.82, 2.24) is 9.80 Å². The van der Waals surface area contributed by atoms with Gasteiger partial charge in [0.05, 0.1) is 6.10 Å². The maximum atomic E-state index is 12.8. The summed E-state index contributed by atoms with van der Waals surface area (Å²) in [5.41, 5.74) is -0.165. The van der Waals surface area contributed by atoms with Crippen LogP contribution in [0.15, 0.2) is 24.3 Å². The minimum absolute atomic E-state index is 0.0159. The first-order valence-corrected chi connectivity index (χ1v) is 8.97. The second-order valence-corrected chi connectivity index (χ2v) is 7.32. The number of amides is 2. The van der Waals surface area contributed by atoms with Crippen LogP contribution in [0.2, 0.25) is 0 Å². The Morgan fingerprint density at radius 1 is 1.08 bits per heavy atom. The van der Waals surface area contributed by atoms with Gasteiger partial charge in [0.15, 0.2) is 0 Å². The van der Waals surface area contributed by atoms with Gasteiger partial charge in [0, 0.05) is 31.9 Å². The normalized spacial score (nSPS) is 19.6. The lowest BCUT2D eigenvalue weighted by Crippen LogP contribution is -2.51. The summed E-state index contributed by atoms with van der Waals surface area (Å²) in [5, 5.41) is 2.90. The van der Waals surface area contributed by atoms with Gasteiger partial charge in [-0.2, -0.15) is 0 Å². The van der Waals surface area contributed by atoms with Crippen LogP contribution in [0.5, 0.6) is 5.75 Å². The Morgan fingerprint density at radius 2 is 1.68 bits per heavy atom. The van der Waals surface area contributed by atoms with Crippen LogP contribution in [0, 0.1) is 5.41 Å². The van der Waals surface area contributed by atoms with Crippen molar-refractivity contribution >= 4 is 17.5 Å². The highest BCUT2D eigenvalue weighted by atomic mass is 16.5. The van der Waals surface area contributed by atoms with Crippen molar-refractivity contribution in [3.63, 3.8) is 0 Å². The summed E-state index contributed by atoms with van der Waals surface area (Å²) in [6.07, 6.45) is 1.38. The standard InChI is InChI=1S/C19H27N3O3/c1-14(2)25-16-6-4-15(5-7-16)20-17(23)19(8-9-19)18(24)22-12-10-21(3)11-13-22/h4-7,14H,8-13H2,1-3H3,(H,20,23). The van der Waals surface area contributed by atoms with Gasteiger partial charge < -0.3 is 19.9 Å². The monoisotopic (exact) mass is 345 g/mol. The van der Waals surface area contributed by atoms with Crippen LogP contribution in [-0.4, -0.2) is 60.9 Å². The van der Waals surface area contributed by atoms with E-state index >= 15 is 0 Å². The maximum absolute atomic E-state index is 12.8. The average Bonchev–Trinajstić information content (AvgIpc) is 3.38. The molecule has 0 spiro atoms. The molecular formula is C19H27N3O3. The summed E-state index contributed by atoms with van der Waals surface area (Å²) in [4.78, 5) is 29.6. The number of rotatable bonds is 5. The van der Waals surface area contributed by atoms with E-state index < -0.39 is 5.41 Å². The van der Waals surface area contributed by atoms with Gasteiger partial charge in [0.2, 0.25) is 11.8 Å². The van der Waals surface area contributed by atoms with Crippen molar-refractivity contribution in [2.75, 3.05) is 38.5 Å². The highest BCUT2D eigenvalue weighted by Crippen LogP contribution is 2.48. The molecule has 0 radical (unpaired) electrons. The van der Waals surface area contributed by atoms with E-state index in [1.165, 1.54) is 0 Å². The molecule has 1 N–H and O–H groups in total. The summed E-state index contributed by atoms with van der Waals surface area (Å²) in [7, 11) is 2.05. The topological polar surface area (TPSA) is 61.9 Å². The Morgan fingerprint density at radius 3 is 2.20 bits per heavy atom. The molecule has 136 valence electrons. The number of carbonyl (C=O) groups excluding carboxylic acids is 2. The molecule has 0 unspecified atom stereocenters. The zero-order chi connectivity index (χ0) is 18.0. The van der Waals surface area contributed by atoms with E-state index in [-0.39, 0.29) is 17.9 Å². The van der Waals surface area contributed by atoms with Crippen molar-refractivity contribution in [2.45, 2.75) is 32.8 Å². The van der Waals surface area contributed by atoms with Crippen LogP contribution in [0.1, 0.15) is 26.7 Å². The number of nitrogens with one attached hydrogen (secondary N) is 1. The maximum Gasteiger partial charge on any atom is 0.240 e. The molecule has 2 amide bonds. The summed E-state index contributed by atoms with van der Waals surface area (Å²) < 4.78 is 5.60. The number of ether oxygens (including phenoxy) is 1.